The first-order chi connectivity index (χ1) is 20.9. The highest BCUT2D eigenvalue weighted by Gasteiger charge is 2.21. The number of carbonyl (C=O) groups is 1. The van der Waals surface area contributed by atoms with E-state index in [1.54, 1.807) is 12.3 Å². The molecule has 43 heavy (non-hydrogen) atoms. The minimum atomic E-state index is -0.452. The van der Waals surface area contributed by atoms with Crippen molar-refractivity contribution in [2.75, 3.05) is 13.1 Å². The number of aryl methyl sites for hydroxylation is 2. The number of likely N-dealkylation sites (tertiary alicyclic amines) is 1. The van der Waals surface area contributed by atoms with E-state index in [9.17, 15) is 20.0 Å². The molecule has 0 radical (unpaired) electrons. The molecule has 1 fully saturated rings. The van der Waals surface area contributed by atoms with Crippen molar-refractivity contribution in [2.45, 2.75) is 32.1 Å². The SMILES string of the molecule is Cn1ccnc1-c1ccc(N=C(c2ccc(CCCN3CCCCC3=O)cc2)c2c(O)[nH]c3ccc([N+](=O)[O-])cc23)cc1. The number of aliphatic imine (C=N–C) groups is 1. The van der Waals surface area contributed by atoms with Crippen molar-refractivity contribution in [3.8, 4) is 17.3 Å². The van der Waals surface area contributed by atoms with Crippen LogP contribution in [0.15, 0.2) is 84.1 Å². The van der Waals surface area contributed by atoms with Crippen molar-refractivity contribution >= 4 is 33.9 Å². The van der Waals surface area contributed by atoms with E-state index in [0.717, 1.165) is 61.3 Å². The van der Waals surface area contributed by atoms with Crippen LogP contribution in [0.4, 0.5) is 11.4 Å². The molecule has 6 rings (SSSR count). The Labute approximate surface area is 248 Å². The number of piperidine rings is 1. The number of rotatable bonds is 9. The van der Waals surface area contributed by atoms with Gasteiger partial charge in [0, 0.05) is 73.1 Å². The second-order valence-corrected chi connectivity index (χ2v) is 10.8. The molecule has 3 aromatic carbocycles. The van der Waals surface area contributed by atoms with Gasteiger partial charge in [0.1, 0.15) is 5.82 Å². The van der Waals surface area contributed by atoms with E-state index >= 15 is 0 Å². The molecule has 218 valence electrons. The molecule has 5 aromatic rings. The van der Waals surface area contributed by atoms with E-state index in [2.05, 4.69) is 9.97 Å². The Hall–Kier alpha value is -5.25. The summed E-state index contributed by atoms with van der Waals surface area (Å²) in [5, 5.41) is 23.1. The number of H-pyrrole nitrogens is 1. The van der Waals surface area contributed by atoms with Crippen LogP contribution in [0.2, 0.25) is 0 Å². The van der Waals surface area contributed by atoms with Gasteiger partial charge in [-0.15, -0.1) is 0 Å². The molecule has 0 atom stereocenters. The number of nitrogens with zero attached hydrogens (tertiary/aromatic N) is 5. The molecule has 1 aliphatic rings. The van der Waals surface area contributed by atoms with Crippen molar-refractivity contribution in [2.24, 2.45) is 12.0 Å². The van der Waals surface area contributed by atoms with Crippen molar-refractivity contribution < 1.29 is 14.8 Å². The number of benzene rings is 3. The molecule has 10 nitrogen and oxygen atoms in total. The Morgan fingerprint density at radius 2 is 1.88 bits per heavy atom. The minimum absolute atomic E-state index is 0.0749. The number of nitrogens with one attached hydrogen (secondary N) is 1. The standard InChI is InChI=1S/C33H32N6O4/c1-37-20-17-34-32(37)24-11-13-25(14-12-24)35-31(30-27-21-26(39(42)43)15-16-28(27)36-33(30)41)23-9-7-22(8-10-23)5-4-19-38-18-3-2-6-29(38)40/h7-17,20-21,36,41H,2-6,18-19H2,1H3. The number of nitro benzene ring substituents is 1. The molecule has 10 heteroatoms. The van der Waals surface area contributed by atoms with Crippen LogP contribution in [-0.2, 0) is 18.3 Å². The minimum Gasteiger partial charge on any atom is -0.494 e. The number of aromatic hydroxyl groups is 1. The highest BCUT2D eigenvalue weighted by atomic mass is 16.6. The van der Waals surface area contributed by atoms with Gasteiger partial charge in [0.05, 0.1) is 21.9 Å². The highest BCUT2D eigenvalue weighted by molar-refractivity contribution is 6.22. The Kier molecular flexibility index (Phi) is 7.74. The summed E-state index contributed by atoms with van der Waals surface area (Å²) >= 11 is 0. The van der Waals surface area contributed by atoms with E-state index in [-0.39, 0.29) is 17.5 Å². The fraction of sp³-hybridized carbons (Fsp3) is 0.242. The predicted octanol–water partition coefficient (Wildman–Crippen LogP) is 6.30. The molecule has 1 saturated heterocycles. The summed E-state index contributed by atoms with van der Waals surface area (Å²) in [7, 11) is 1.93. The number of aromatic nitrogens is 3. The van der Waals surface area contributed by atoms with Gasteiger partial charge in [-0.05, 0) is 61.6 Å². The van der Waals surface area contributed by atoms with Crippen molar-refractivity contribution in [3.05, 3.63) is 106 Å². The van der Waals surface area contributed by atoms with Gasteiger partial charge in [0.15, 0.2) is 5.88 Å². The summed E-state index contributed by atoms with van der Waals surface area (Å²) in [5.41, 5.74) is 4.85. The summed E-state index contributed by atoms with van der Waals surface area (Å²) in [4.78, 5) is 37.5. The van der Waals surface area contributed by atoms with E-state index in [1.807, 2.05) is 71.2 Å². The van der Waals surface area contributed by atoms with Crippen LogP contribution < -0.4 is 0 Å². The van der Waals surface area contributed by atoms with Gasteiger partial charge in [-0.25, -0.2) is 9.98 Å². The van der Waals surface area contributed by atoms with Gasteiger partial charge >= 0.3 is 0 Å². The predicted molar refractivity (Wildman–Crippen MR) is 166 cm³/mol. The van der Waals surface area contributed by atoms with Crippen LogP contribution in [-0.4, -0.2) is 54.2 Å². The largest absolute Gasteiger partial charge is 0.494 e. The smallest absolute Gasteiger partial charge is 0.270 e. The Bertz CT molecular complexity index is 1820. The van der Waals surface area contributed by atoms with E-state index in [1.165, 1.54) is 12.1 Å². The molecule has 0 unspecified atom stereocenters. The van der Waals surface area contributed by atoms with Crippen LogP contribution in [0.5, 0.6) is 5.88 Å². The lowest BCUT2D eigenvalue weighted by Crippen LogP contribution is -2.36. The van der Waals surface area contributed by atoms with Gasteiger partial charge in [0.25, 0.3) is 5.69 Å². The van der Waals surface area contributed by atoms with Crippen molar-refractivity contribution in [3.63, 3.8) is 0 Å². The molecule has 2 N–H and O–H groups in total. The second-order valence-electron chi connectivity index (χ2n) is 10.8. The van der Waals surface area contributed by atoms with Crippen LogP contribution in [0.1, 0.15) is 42.4 Å². The maximum absolute atomic E-state index is 12.1. The Balaban J connectivity index is 1.34. The van der Waals surface area contributed by atoms with Gasteiger partial charge in [0.2, 0.25) is 5.91 Å². The number of amides is 1. The molecule has 0 saturated carbocycles. The topological polar surface area (TPSA) is 130 Å². The van der Waals surface area contributed by atoms with Crippen LogP contribution in [0.3, 0.4) is 0 Å². The Morgan fingerprint density at radius 3 is 2.58 bits per heavy atom. The zero-order valence-electron chi connectivity index (χ0n) is 23.9. The van der Waals surface area contributed by atoms with E-state index in [4.69, 9.17) is 4.99 Å². The first-order valence-corrected chi connectivity index (χ1v) is 14.4. The van der Waals surface area contributed by atoms with Crippen LogP contribution >= 0.6 is 0 Å². The monoisotopic (exact) mass is 576 g/mol. The maximum atomic E-state index is 12.1. The average Bonchev–Trinajstić information content (AvgIpc) is 3.59. The third-order valence-electron chi connectivity index (χ3n) is 7.94. The van der Waals surface area contributed by atoms with Crippen LogP contribution in [0, 0.1) is 10.1 Å². The molecule has 2 aromatic heterocycles. The van der Waals surface area contributed by atoms with Crippen molar-refractivity contribution in [1.29, 1.82) is 0 Å². The summed E-state index contributed by atoms with van der Waals surface area (Å²) in [6, 6.07) is 20.1. The van der Waals surface area contributed by atoms with Crippen LogP contribution in [0.25, 0.3) is 22.3 Å². The zero-order chi connectivity index (χ0) is 29.9. The quantitative estimate of drug-likeness (QED) is 0.121. The molecule has 1 aliphatic heterocycles. The average molecular weight is 577 g/mol. The lowest BCUT2D eigenvalue weighted by molar-refractivity contribution is -0.384. The number of non-ortho nitro benzene ring substituents is 1. The molecule has 0 spiro atoms. The molecular formula is C33H32N6O4. The molecule has 1 amide bonds. The number of hydrogen-bond acceptors (Lipinski definition) is 6. The summed E-state index contributed by atoms with van der Waals surface area (Å²) in [6.07, 6.45) is 8.03. The van der Waals surface area contributed by atoms with Gasteiger partial charge in [-0.1, -0.05) is 24.3 Å². The first kappa shape index (κ1) is 27.9. The second kappa shape index (κ2) is 11.9. The third kappa shape index (κ3) is 5.90. The maximum Gasteiger partial charge on any atom is 0.270 e. The van der Waals surface area contributed by atoms with Gasteiger partial charge < -0.3 is 19.6 Å². The number of aromatic amines is 1. The highest BCUT2D eigenvalue weighted by Crippen LogP contribution is 2.34. The fourth-order valence-electron chi connectivity index (χ4n) is 5.64. The van der Waals surface area contributed by atoms with E-state index in [0.29, 0.717) is 34.3 Å². The lowest BCUT2D eigenvalue weighted by Gasteiger charge is -2.26. The lowest BCUT2D eigenvalue weighted by atomic mass is 9.98. The Morgan fingerprint density at radius 1 is 1.09 bits per heavy atom. The third-order valence-corrected chi connectivity index (χ3v) is 7.94. The zero-order valence-corrected chi connectivity index (χ0v) is 23.9. The molecule has 0 bridgehead atoms. The van der Waals surface area contributed by atoms with Gasteiger partial charge in [-0.3, -0.25) is 14.9 Å². The first-order valence-electron chi connectivity index (χ1n) is 14.4. The van der Waals surface area contributed by atoms with Gasteiger partial charge in [-0.2, -0.15) is 0 Å². The number of hydrogen-bond donors (Lipinski definition) is 2. The van der Waals surface area contributed by atoms with Crippen molar-refractivity contribution in [1.82, 2.24) is 19.4 Å². The fourth-order valence-corrected chi connectivity index (χ4v) is 5.64. The van der Waals surface area contributed by atoms with E-state index < -0.39 is 4.92 Å². The number of fused-ring (bicyclic) bond motifs is 1. The normalized spacial score (nSPS) is 14.0. The molecule has 3 heterocycles. The molecule has 0 aliphatic carbocycles. The summed E-state index contributed by atoms with van der Waals surface area (Å²) in [5.74, 6) is 0.959. The summed E-state index contributed by atoms with van der Waals surface area (Å²) in [6.45, 7) is 1.59. The molecular weight excluding hydrogens is 544 g/mol. The number of carbonyl (C=O) groups excluding carboxylic acids is 1. The summed E-state index contributed by atoms with van der Waals surface area (Å²) < 4.78 is 1.94. The number of nitro groups is 1. The number of imidazole rings is 1.